The summed E-state index contributed by atoms with van der Waals surface area (Å²) in [5.74, 6) is 0. The highest BCUT2D eigenvalue weighted by Gasteiger charge is 2.18. The SMILES string of the molecule is N#Cc1cccc(-c2ccccc2-n2c3ccccc3c3ccc(-n4c5ccccc5c5cc(C#N)ccc54)cc32)c1. The fraction of sp³-hybridized carbons (Fsp3) is 0. The van der Waals surface area contributed by atoms with E-state index in [9.17, 15) is 10.5 Å². The molecule has 8 rings (SSSR count). The molecule has 0 amide bonds. The van der Waals surface area contributed by atoms with Crippen molar-refractivity contribution >= 4 is 43.6 Å². The number of hydrogen-bond donors (Lipinski definition) is 0. The minimum absolute atomic E-state index is 0.637. The molecule has 0 saturated carbocycles. The van der Waals surface area contributed by atoms with Gasteiger partial charge >= 0.3 is 0 Å². The summed E-state index contributed by atoms with van der Waals surface area (Å²) in [5, 5.41) is 23.7. The third kappa shape index (κ3) is 3.47. The van der Waals surface area contributed by atoms with Crippen LogP contribution in [0.5, 0.6) is 0 Å². The molecule has 6 aromatic carbocycles. The molecular formula is C38H22N4. The van der Waals surface area contributed by atoms with Crippen molar-refractivity contribution in [2.24, 2.45) is 0 Å². The van der Waals surface area contributed by atoms with Crippen molar-refractivity contribution < 1.29 is 0 Å². The summed E-state index contributed by atoms with van der Waals surface area (Å²) in [4.78, 5) is 0. The first-order valence-corrected chi connectivity index (χ1v) is 13.8. The van der Waals surface area contributed by atoms with Crippen LogP contribution in [-0.4, -0.2) is 9.13 Å². The topological polar surface area (TPSA) is 57.4 Å². The van der Waals surface area contributed by atoms with E-state index in [2.05, 4.69) is 106 Å². The second kappa shape index (κ2) is 9.24. The zero-order chi connectivity index (χ0) is 28.2. The first kappa shape index (κ1) is 23.8. The minimum atomic E-state index is 0.637. The number of fused-ring (bicyclic) bond motifs is 6. The second-order valence-electron chi connectivity index (χ2n) is 10.5. The molecule has 0 N–H and O–H groups in total. The number of nitrogens with zero attached hydrogens (tertiary/aromatic N) is 4. The van der Waals surface area contributed by atoms with Gasteiger partial charge in [0.2, 0.25) is 0 Å². The second-order valence-corrected chi connectivity index (χ2v) is 10.5. The fourth-order valence-electron chi connectivity index (χ4n) is 6.35. The lowest BCUT2D eigenvalue weighted by molar-refractivity contribution is 1.16. The molecule has 4 heteroatoms. The minimum Gasteiger partial charge on any atom is -0.309 e. The number of rotatable bonds is 3. The Kier molecular flexibility index (Phi) is 5.22. The van der Waals surface area contributed by atoms with Gasteiger partial charge in [-0.2, -0.15) is 10.5 Å². The summed E-state index contributed by atoms with van der Waals surface area (Å²) in [5.41, 5.74) is 9.82. The van der Waals surface area contributed by atoms with Crippen molar-refractivity contribution in [3.8, 4) is 34.6 Å². The highest BCUT2D eigenvalue weighted by molar-refractivity contribution is 6.12. The van der Waals surface area contributed by atoms with Crippen molar-refractivity contribution in [2.45, 2.75) is 0 Å². The van der Waals surface area contributed by atoms with Crippen LogP contribution in [0.25, 0.3) is 66.1 Å². The Morgan fingerprint density at radius 3 is 1.88 bits per heavy atom. The van der Waals surface area contributed by atoms with Crippen molar-refractivity contribution in [1.29, 1.82) is 10.5 Å². The van der Waals surface area contributed by atoms with E-state index in [0.29, 0.717) is 11.1 Å². The molecule has 2 aromatic heterocycles. The van der Waals surface area contributed by atoms with Crippen LogP contribution in [0.1, 0.15) is 11.1 Å². The van der Waals surface area contributed by atoms with E-state index in [1.807, 2.05) is 48.5 Å². The Labute approximate surface area is 242 Å². The van der Waals surface area contributed by atoms with Gasteiger partial charge in [-0.1, -0.05) is 72.8 Å². The summed E-state index contributed by atoms with van der Waals surface area (Å²) in [6.07, 6.45) is 0. The fourth-order valence-corrected chi connectivity index (χ4v) is 6.35. The van der Waals surface area contributed by atoms with Gasteiger partial charge in [0.1, 0.15) is 0 Å². The van der Waals surface area contributed by atoms with Crippen LogP contribution in [0.3, 0.4) is 0 Å². The van der Waals surface area contributed by atoms with E-state index in [-0.39, 0.29) is 0 Å². The highest BCUT2D eigenvalue weighted by Crippen LogP contribution is 2.39. The number of hydrogen-bond acceptors (Lipinski definition) is 2. The summed E-state index contributed by atoms with van der Waals surface area (Å²) in [7, 11) is 0. The molecule has 0 unspecified atom stereocenters. The molecule has 0 spiro atoms. The Hall–Kier alpha value is -6.10. The molecule has 0 saturated heterocycles. The molecule has 0 atom stereocenters. The van der Waals surface area contributed by atoms with Crippen LogP contribution in [0.4, 0.5) is 0 Å². The van der Waals surface area contributed by atoms with E-state index in [4.69, 9.17) is 0 Å². The van der Waals surface area contributed by atoms with Crippen LogP contribution in [0.15, 0.2) is 133 Å². The largest absolute Gasteiger partial charge is 0.309 e. The lowest BCUT2D eigenvalue weighted by atomic mass is 10.0. The highest BCUT2D eigenvalue weighted by atomic mass is 15.0. The first-order valence-electron chi connectivity index (χ1n) is 13.8. The molecule has 0 radical (unpaired) electrons. The van der Waals surface area contributed by atoms with Crippen LogP contribution >= 0.6 is 0 Å². The van der Waals surface area contributed by atoms with E-state index >= 15 is 0 Å². The Morgan fingerprint density at radius 2 is 1.07 bits per heavy atom. The van der Waals surface area contributed by atoms with Gasteiger partial charge in [0, 0.05) is 32.8 Å². The van der Waals surface area contributed by atoms with E-state index in [1.165, 1.54) is 10.8 Å². The average molecular weight is 535 g/mol. The quantitative estimate of drug-likeness (QED) is 0.227. The molecule has 4 nitrogen and oxygen atoms in total. The Morgan fingerprint density at radius 1 is 0.429 bits per heavy atom. The van der Waals surface area contributed by atoms with Gasteiger partial charge in [-0.05, 0) is 66.2 Å². The molecule has 0 bridgehead atoms. The maximum absolute atomic E-state index is 9.58. The third-order valence-electron chi connectivity index (χ3n) is 8.16. The molecular weight excluding hydrogens is 512 g/mol. The zero-order valence-corrected chi connectivity index (χ0v) is 22.5. The number of nitriles is 2. The van der Waals surface area contributed by atoms with Crippen LogP contribution in [0.2, 0.25) is 0 Å². The number of para-hydroxylation sites is 3. The molecule has 0 aliphatic carbocycles. The van der Waals surface area contributed by atoms with E-state index in [0.717, 1.165) is 55.3 Å². The maximum Gasteiger partial charge on any atom is 0.0991 e. The monoisotopic (exact) mass is 534 g/mol. The van der Waals surface area contributed by atoms with Gasteiger partial charge in [0.15, 0.2) is 0 Å². The van der Waals surface area contributed by atoms with Crippen molar-refractivity contribution in [2.75, 3.05) is 0 Å². The van der Waals surface area contributed by atoms with Gasteiger partial charge in [-0.25, -0.2) is 0 Å². The average Bonchev–Trinajstić information content (AvgIpc) is 3.56. The predicted molar refractivity (Wildman–Crippen MR) is 170 cm³/mol. The molecule has 2 heterocycles. The van der Waals surface area contributed by atoms with Crippen LogP contribution < -0.4 is 0 Å². The van der Waals surface area contributed by atoms with Crippen molar-refractivity contribution in [3.05, 3.63) is 145 Å². The predicted octanol–water partition coefficient (Wildman–Crippen LogP) is 9.29. The maximum atomic E-state index is 9.58. The van der Waals surface area contributed by atoms with E-state index in [1.54, 1.807) is 0 Å². The van der Waals surface area contributed by atoms with E-state index < -0.39 is 0 Å². The van der Waals surface area contributed by atoms with Crippen LogP contribution in [-0.2, 0) is 0 Å². The van der Waals surface area contributed by atoms with Gasteiger partial charge in [0.25, 0.3) is 0 Å². The Bertz CT molecular complexity index is 2440. The summed E-state index contributed by atoms with van der Waals surface area (Å²) < 4.78 is 4.62. The molecule has 8 aromatic rings. The summed E-state index contributed by atoms with van der Waals surface area (Å²) in [6, 6.07) is 50.2. The molecule has 0 aliphatic rings. The Balaban J connectivity index is 1.45. The van der Waals surface area contributed by atoms with Gasteiger partial charge in [-0.3, -0.25) is 0 Å². The summed E-state index contributed by atoms with van der Waals surface area (Å²) >= 11 is 0. The first-order chi connectivity index (χ1) is 20.7. The van der Waals surface area contributed by atoms with Gasteiger partial charge in [-0.15, -0.1) is 0 Å². The normalized spacial score (nSPS) is 11.3. The molecule has 0 fully saturated rings. The lowest BCUT2D eigenvalue weighted by Gasteiger charge is -2.15. The summed E-state index contributed by atoms with van der Waals surface area (Å²) in [6.45, 7) is 0. The van der Waals surface area contributed by atoms with Crippen molar-refractivity contribution in [1.82, 2.24) is 9.13 Å². The smallest absolute Gasteiger partial charge is 0.0991 e. The number of benzene rings is 6. The number of aromatic nitrogens is 2. The van der Waals surface area contributed by atoms with Crippen molar-refractivity contribution in [3.63, 3.8) is 0 Å². The molecule has 0 aliphatic heterocycles. The van der Waals surface area contributed by atoms with Gasteiger partial charge in [0.05, 0.1) is 51.0 Å². The lowest BCUT2D eigenvalue weighted by Crippen LogP contribution is -1.99. The molecule has 194 valence electrons. The van der Waals surface area contributed by atoms with Gasteiger partial charge < -0.3 is 9.13 Å². The molecule has 42 heavy (non-hydrogen) atoms. The standard InChI is InChI=1S/C38H22N4/c39-23-25-8-7-9-27(20-25)29-10-1-4-13-34(29)42-36-15-6-2-11-30(36)32-18-17-28(22-38(32)42)41-35-14-5-3-12-31(35)33-21-26(24-40)16-19-37(33)41/h1-22H. The zero-order valence-electron chi connectivity index (χ0n) is 22.5. The van der Waals surface area contributed by atoms with Crippen LogP contribution in [0, 0.1) is 22.7 Å². The third-order valence-corrected chi connectivity index (χ3v) is 8.16.